The number of anilines is 1. The standard InChI is InChI=1S/C14H12BrFN2O/c15-11-7-6-10(8-12(11)16)18-13(14(17)19)9-4-2-1-3-5-9/h1-8,13,18H,(H2,17,19)/t13-/m1/s1. The Bertz CT molecular complexity index is 589. The minimum absolute atomic E-state index is 0.369. The third kappa shape index (κ3) is 3.32. The molecule has 3 N–H and O–H groups in total. The third-order valence-electron chi connectivity index (χ3n) is 2.65. The highest BCUT2D eigenvalue weighted by molar-refractivity contribution is 9.10. The van der Waals surface area contributed by atoms with Crippen molar-refractivity contribution >= 4 is 27.5 Å². The molecular formula is C14H12BrFN2O. The van der Waals surface area contributed by atoms with Gasteiger partial charge >= 0.3 is 0 Å². The van der Waals surface area contributed by atoms with Crippen LogP contribution < -0.4 is 11.1 Å². The SMILES string of the molecule is NC(=O)[C@H](Nc1ccc(Br)c(F)c1)c1ccccc1. The van der Waals surface area contributed by atoms with Crippen LogP contribution in [-0.4, -0.2) is 5.91 Å². The summed E-state index contributed by atoms with van der Waals surface area (Å²) in [7, 11) is 0. The molecule has 3 nitrogen and oxygen atoms in total. The van der Waals surface area contributed by atoms with E-state index < -0.39 is 17.8 Å². The van der Waals surface area contributed by atoms with E-state index in [1.54, 1.807) is 24.3 Å². The van der Waals surface area contributed by atoms with Crippen molar-refractivity contribution in [3.05, 3.63) is 64.4 Å². The van der Waals surface area contributed by atoms with Crippen LogP contribution >= 0.6 is 15.9 Å². The molecule has 2 aromatic carbocycles. The second-order valence-electron chi connectivity index (χ2n) is 4.02. The summed E-state index contributed by atoms with van der Waals surface area (Å²) in [4.78, 5) is 11.5. The highest BCUT2D eigenvalue weighted by atomic mass is 79.9. The molecule has 0 heterocycles. The normalized spacial score (nSPS) is 11.9. The van der Waals surface area contributed by atoms with Gasteiger partial charge in [-0.25, -0.2) is 4.39 Å². The fraction of sp³-hybridized carbons (Fsp3) is 0.0714. The number of hydrogen-bond donors (Lipinski definition) is 2. The molecule has 1 atom stereocenters. The average molecular weight is 323 g/mol. The zero-order valence-corrected chi connectivity index (χ0v) is 11.5. The van der Waals surface area contributed by atoms with Gasteiger partial charge in [-0.05, 0) is 39.7 Å². The van der Waals surface area contributed by atoms with Crippen molar-refractivity contribution < 1.29 is 9.18 Å². The molecular weight excluding hydrogens is 311 g/mol. The Kier molecular flexibility index (Phi) is 4.16. The highest BCUT2D eigenvalue weighted by Crippen LogP contribution is 2.23. The first-order valence-electron chi connectivity index (χ1n) is 5.64. The van der Waals surface area contributed by atoms with E-state index in [1.807, 2.05) is 18.2 Å². The number of rotatable bonds is 4. The molecule has 0 aliphatic carbocycles. The third-order valence-corrected chi connectivity index (χ3v) is 3.29. The van der Waals surface area contributed by atoms with E-state index in [0.717, 1.165) is 5.56 Å². The van der Waals surface area contributed by atoms with E-state index in [1.165, 1.54) is 6.07 Å². The number of primary amides is 1. The Morgan fingerprint density at radius 1 is 1.21 bits per heavy atom. The summed E-state index contributed by atoms with van der Waals surface area (Å²) in [6, 6.07) is 12.9. The molecule has 0 spiro atoms. The van der Waals surface area contributed by atoms with E-state index in [4.69, 9.17) is 5.73 Å². The van der Waals surface area contributed by atoms with Crippen molar-refractivity contribution in [1.29, 1.82) is 0 Å². The summed E-state index contributed by atoms with van der Waals surface area (Å²) in [5.74, 6) is -0.921. The topological polar surface area (TPSA) is 55.1 Å². The van der Waals surface area contributed by atoms with E-state index in [2.05, 4.69) is 21.2 Å². The number of benzene rings is 2. The number of nitrogens with two attached hydrogens (primary N) is 1. The van der Waals surface area contributed by atoms with Crippen LogP contribution in [0.4, 0.5) is 10.1 Å². The Morgan fingerprint density at radius 3 is 2.47 bits per heavy atom. The van der Waals surface area contributed by atoms with Crippen molar-refractivity contribution in [2.45, 2.75) is 6.04 Å². The van der Waals surface area contributed by atoms with Crippen LogP contribution in [0.5, 0.6) is 0 Å². The Labute approximate surface area is 118 Å². The summed E-state index contributed by atoms with van der Waals surface area (Å²) < 4.78 is 13.8. The van der Waals surface area contributed by atoms with Crippen molar-refractivity contribution in [3.63, 3.8) is 0 Å². The quantitative estimate of drug-likeness (QED) is 0.908. The fourth-order valence-corrected chi connectivity index (χ4v) is 1.96. The molecule has 0 aliphatic heterocycles. The number of nitrogens with one attached hydrogen (secondary N) is 1. The molecule has 0 bridgehead atoms. The van der Waals surface area contributed by atoms with Gasteiger partial charge in [0.2, 0.25) is 5.91 Å². The van der Waals surface area contributed by atoms with Crippen LogP contribution in [-0.2, 0) is 4.79 Å². The van der Waals surface area contributed by atoms with E-state index in [9.17, 15) is 9.18 Å². The van der Waals surface area contributed by atoms with E-state index in [-0.39, 0.29) is 0 Å². The Morgan fingerprint density at radius 2 is 1.89 bits per heavy atom. The molecule has 0 radical (unpaired) electrons. The van der Waals surface area contributed by atoms with E-state index >= 15 is 0 Å². The maximum atomic E-state index is 13.4. The number of carbonyl (C=O) groups excluding carboxylic acids is 1. The predicted octanol–water partition coefficient (Wildman–Crippen LogP) is 3.23. The first-order valence-corrected chi connectivity index (χ1v) is 6.43. The summed E-state index contributed by atoms with van der Waals surface area (Å²) in [5.41, 5.74) is 6.61. The van der Waals surface area contributed by atoms with Gasteiger partial charge in [-0.2, -0.15) is 0 Å². The van der Waals surface area contributed by atoms with Crippen LogP contribution in [0.1, 0.15) is 11.6 Å². The van der Waals surface area contributed by atoms with Gasteiger partial charge < -0.3 is 11.1 Å². The monoisotopic (exact) mass is 322 g/mol. The largest absolute Gasteiger partial charge is 0.370 e. The van der Waals surface area contributed by atoms with Crippen molar-refractivity contribution in [3.8, 4) is 0 Å². The van der Waals surface area contributed by atoms with Crippen molar-refractivity contribution in [1.82, 2.24) is 0 Å². The van der Waals surface area contributed by atoms with Gasteiger partial charge in [0.1, 0.15) is 11.9 Å². The van der Waals surface area contributed by atoms with Gasteiger partial charge in [0.05, 0.1) is 4.47 Å². The minimum Gasteiger partial charge on any atom is -0.370 e. The van der Waals surface area contributed by atoms with Gasteiger partial charge in [0.25, 0.3) is 0 Å². The summed E-state index contributed by atoms with van der Waals surface area (Å²) in [5, 5.41) is 2.93. The first kappa shape index (κ1) is 13.5. The predicted molar refractivity (Wildman–Crippen MR) is 76.1 cm³/mol. The number of hydrogen-bond acceptors (Lipinski definition) is 2. The first-order chi connectivity index (χ1) is 9.08. The maximum Gasteiger partial charge on any atom is 0.244 e. The lowest BCUT2D eigenvalue weighted by molar-refractivity contribution is -0.118. The molecule has 5 heteroatoms. The molecule has 1 amide bonds. The number of carbonyl (C=O) groups is 1. The van der Waals surface area contributed by atoms with Gasteiger partial charge in [-0.1, -0.05) is 30.3 Å². The molecule has 0 saturated carbocycles. The van der Waals surface area contributed by atoms with Crippen LogP contribution in [0.15, 0.2) is 53.0 Å². The van der Waals surface area contributed by atoms with Crippen molar-refractivity contribution in [2.75, 3.05) is 5.32 Å². The molecule has 0 aliphatic rings. The molecule has 0 saturated heterocycles. The fourth-order valence-electron chi connectivity index (χ4n) is 1.72. The molecule has 0 aromatic heterocycles. The second kappa shape index (κ2) is 5.84. The van der Waals surface area contributed by atoms with Crippen LogP contribution in [0, 0.1) is 5.82 Å². The van der Waals surface area contributed by atoms with Gasteiger partial charge in [-0.3, -0.25) is 4.79 Å². The van der Waals surface area contributed by atoms with Gasteiger partial charge in [0.15, 0.2) is 0 Å². The molecule has 2 aromatic rings. The van der Waals surface area contributed by atoms with E-state index in [0.29, 0.717) is 10.2 Å². The van der Waals surface area contributed by atoms with Gasteiger partial charge in [0, 0.05) is 5.69 Å². The molecule has 0 fully saturated rings. The van der Waals surface area contributed by atoms with Crippen LogP contribution in [0.2, 0.25) is 0 Å². The second-order valence-corrected chi connectivity index (χ2v) is 4.87. The Balaban J connectivity index is 2.27. The lowest BCUT2D eigenvalue weighted by atomic mass is 10.1. The van der Waals surface area contributed by atoms with Gasteiger partial charge in [-0.15, -0.1) is 0 Å². The Hall–Kier alpha value is -1.88. The summed E-state index contributed by atoms with van der Waals surface area (Å²) in [6.07, 6.45) is 0. The summed E-state index contributed by atoms with van der Waals surface area (Å²) >= 11 is 3.08. The number of amides is 1. The lowest BCUT2D eigenvalue weighted by Gasteiger charge is -2.17. The average Bonchev–Trinajstić information content (AvgIpc) is 2.40. The molecule has 0 unspecified atom stereocenters. The molecule has 19 heavy (non-hydrogen) atoms. The minimum atomic E-state index is -0.693. The maximum absolute atomic E-state index is 13.4. The number of halogens is 2. The van der Waals surface area contributed by atoms with Crippen molar-refractivity contribution in [2.24, 2.45) is 5.73 Å². The zero-order valence-electron chi connectivity index (χ0n) is 9.94. The zero-order chi connectivity index (χ0) is 13.8. The highest BCUT2D eigenvalue weighted by Gasteiger charge is 2.17. The van der Waals surface area contributed by atoms with Crippen LogP contribution in [0.3, 0.4) is 0 Å². The summed E-state index contributed by atoms with van der Waals surface area (Å²) in [6.45, 7) is 0. The lowest BCUT2D eigenvalue weighted by Crippen LogP contribution is -2.27. The molecule has 98 valence electrons. The molecule has 2 rings (SSSR count). The smallest absolute Gasteiger partial charge is 0.244 e. The van der Waals surface area contributed by atoms with Crippen LogP contribution in [0.25, 0.3) is 0 Å².